The van der Waals surface area contributed by atoms with Crippen molar-refractivity contribution >= 4 is 34.4 Å². The fourth-order valence-corrected chi connectivity index (χ4v) is 3.08. The fraction of sp³-hybridized carbons (Fsp3) is 0.190. The average Bonchev–Trinajstić information content (AvgIpc) is 2.68. The van der Waals surface area contributed by atoms with Crippen LogP contribution in [0.4, 0.5) is 0 Å². The predicted octanol–water partition coefficient (Wildman–Crippen LogP) is 1.47. The molecule has 1 heterocycles. The maximum absolute atomic E-state index is 12.5. The number of carbonyl (C=O) groups is 2. The van der Waals surface area contributed by atoms with E-state index in [4.69, 9.17) is 20.8 Å². The van der Waals surface area contributed by atoms with Gasteiger partial charge in [-0.2, -0.15) is 0 Å². The van der Waals surface area contributed by atoms with Crippen molar-refractivity contribution in [3.05, 3.63) is 75.1 Å². The third kappa shape index (κ3) is 5.14. The minimum absolute atomic E-state index is 0.0418. The standard InChI is InChI=1S/C21H18ClNO6/c1-28-15-6-7-16-13(10-20(25)29-18(16)11-15)9-19(24)23-17(21(26)27)8-12-2-4-14(22)5-3-12/h2-7,10-11,17H,8-9H2,1H3,(H,23,24)(H,26,27)/p-1/t17-/m0/s1. The fourth-order valence-electron chi connectivity index (χ4n) is 2.95. The van der Waals surface area contributed by atoms with Crippen molar-refractivity contribution in [2.45, 2.75) is 18.9 Å². The highest BCUT2D eigenvalue weighted by Crippen LogP contribution is 2.23. The summed E-state index contributed by atoms with van der Waals surface area (Å²) in [6.45, 7) is 0. The van der Waals surface area contributed by atoms with Crippen LogP contribution in [0.15, 0.2) is 57.7 Å². The first-order chi connectivity index (χ1) is 13.9. The van der Waals surface area contributed by atoms with Gasteiger partial charge in [0.15, 0.2) is 0 Å². The summed E-state index contributed by atoms with van der Waals surface area (Å²) in [5.41, 5.74) is 0.755. The summed E-state index contributed by atoms with van der Waals surface area (Å²) in [6, 6.07) is 11.5. The number of nitrogens with one attached hydrogen (secondary N) is 1. The molecule has 2 aromatic carbocycles. The SMILES string of the molecule is COc1ccc2c(CC(=O)N[C@@H](Cc3ccc(Cl)cc3)C(=O)[O-])cc(=O)oc2c1. The summed E-state index contributed by atoms with van der Waals surface area (Å²) in [5.74, 6) is -1.46. The van der Waals surface area contributed by atoms with E-state index in [2.05, 4.69) is 5.32 Å². The van der Waals surface area contributed by atoms with Crippen molar-refractivity contribution in [3.63, 3.8) is 0 Å². The second kappa shape index (κ2) is 8.79. The number of benzene rings is 2. The first kappa shape index (κ1) is 20.4. The first-order valence-electron chi connectivity index (χ1n) is 8.71. The number of aliphatic carboxylic acids is 1. The van der Waals surface area contributed by atoms with Crippen LogP contribution in [0.5, 0.6) is 5.75 Å². The largest absolute Gasteiger partial charge is 0.548 e. The van der Waals surface area contributed by atoms with E-state index in [0.717, 1.165) is 0 Å². The quantitative estimate of drug-likeness (QED) is 0.586. The van der Waals surface area contributed by atoms with Crippen molar-refractivity contribution in [1.82, 2.24) is 5.32 Å². The molecule has 3 aromatic rings. The van der Waals surface area contributed by atoms with Crippen molar-refractivity contribution in [2.24, 2.45) is 0 Å². The number of methoxy groups -OCH3 is 1. The molecule has 1 amide bonds. The van der Waals surface area contributed by atoms with Crippen LogP contribution in [-0.4, -0.2) is 25.0 Å². The summed E-state index contributed by atoms with van der Waals surface area (Å²) in [4.78, 5) is 35.8. The Hall–Kier alpha value is -3.32. The molecule has 0 saturated carbocycles. The summed E-state index contributed by atoms with van der Waals surface area (Å²) in [7, 11) is 1.48. The van der Waals surface area contributed by atoms with Gasteiger partial charge in [-0.25, -0.2) is 4.79 Å². The van der Waals surface area contributed by atoms with Crippen LogP contribution < -0.4 is 20.8 Å². The van der Waals surface area contributed by atoms with Gasteiger partial charge >= 0.3 is 5.63 Å². The summed E-state index contributed by atoms with van der Waals surface area (Å²) >= 11 is 5.83. The molecule has 0 unspecified atom stereocenters. The lowest BCUT2D eigenvalue weighted by molar-refractivity contribution is -0.308. The van der Waals surface area contributed by atoms with Crippen molar-refractivity contribution < 1.29 is 23.8 Å². The summed E-state index contributed by atoms with van der Waals surface area (Å²) in [5, 5.41) is 15.0. The molecule has 1 N–H and O–H groups in total. The lowest BCUT2D eigenvalue weighted by atomic mass is 10.0. The second-order valence-electron chi connectivity index (χ2n) is 6.40. The van der Waals surface area contributed by atoms with Gasteiger partial charge in [0, 0.05) is 22.5 Å². The van der Waals surface area contributed by atoms with Crippen molar-refractivity contribution in [1.29, 1.82) is 0 Å². The number of halogens is 1. The molecule has 0 aliphatic heterocycles. The van der Waals surface area contributed by atoms with Gasteiger partial charge in [-0.3, -0.25) is 4.79 Å². The van der Waals surface area contributed by atoms with Crippen LogP contribution in [-0.2, 0) is 22.4 Å². The van der Waals surface area contributed by atoms with Crippen LogP contribution in [0.3, 0.4) is 0 Å². The van der Waals surface area contributed by atoms with Crippen molar-refractivity contribution in [2.75, 3.05) is 7.11 Å². The molecule has 0 spiro atoms. The zero-order chi connectivity index (χ0) is 21.0. The zero-order valence-corrected chi connectivity index (χ0v) is 16.2. The molecule has 0 aliphatic rings. The van der Waals surface area contributed by atoms with E-state index >= 15 is 0 Å². The first-order valence-corrected chi connectivity index (χ1v) is 9.09. The summed E-state index contributed by atoms with van der Waals surface area (Å²) < 4.78 is 10.3. The van der Waals surface area contributed by atoms with Crippen LogP contribution >= 0.6 is 11.6 Å². The van der Waals surface area contributed by atoms with E-state index in [0.29, 0.717) is 27.3 Å². The normalized spacial score (nSPS) is 11.8. The predicted molar refractivity (Wildman–Crippen MR) is 105 cm³/mol. The average molecular weight is 415 g/mol. The number of hydrogen-bond acceptors (Lipinski definition) is 6. The minimum Gasteiger partial charge on any atom is -0.548 e. The molecule has 8 heteroatoms. The molecule has 3 rings (SSSR count). The van der Waals surface area contributed by atoms with Gasteiger partial charge in [0.1, 0.15) is 11.3 Å². The Morgan fingerprint density at radius 3 is 2.55 bits per heavy atom. The van der Waals surface area contributed by atoms with E-state index < -0.39 is 23.5 Å². The smallest absolute Gasteiger partial charge is 0.336 e. The van der Waals surface area contributed by atoms with Crippen LogP contribution in [0.25, 0.3) is 11.0 Å². The van der Waals surface area contributed by atoms with E-state index in [1.54, 1.807) is 42.5 Å². The number of carbonyl (C=O) groups excluding carboxylic acids is 2. The maximum Gasteiger partial charge on any atom is 0.336 e. The lowest BCUT2D eigenvalue weighted by Crippen LogP contribution is -2.49. The van der Waals surface area contributed by atoms with E-state index in [1.807, 2.05) is 0 Å². The molecule has 0 bridgehead atoms. The number of carboxylic acids is 1. The molecule has 150 valence electrons. The molecule has 0 aliphatic carbocycles. The second-order valence-corrected chi connectivity index (χ2v) is 6.84. The van der Waals surface area contributed by atoms with Gasteiger partial charge in [0.05, 0.1) is 25.5 Å². The number of rotatable bonds is 7. The molecule has 0 radical (unpaired) electrons. The van der Waals surface area contributed by atoms with E-state index in [1.165, 1.54) is 13.2 Å². The number of ether oxygens (including phenoxy) is 1. The van der Waals surface area contributed by atoms with E-state index in [-0.39, 0.29) is 18.4 Å². The molecule has 0 fully saturated rings. The van der Waals surface area contributed by atoms with Crippen LogP contribution in [0.1, 0.15) is 11.1 Å². The Morgan fingerprint density at radius 1 is 1.17 bits per heavy atom. The summed E-state index contributed by atoms with van der Waals surface area (Å²) in [6.07, 6.45) is -0.154. The van der Waals surface area contributed by atoms with Crippen LogP contribution in [0.2, 0.25) is 5.02 Å². The number of carboxylic acid groups (broad SMARTS) is 1. The molecular formula is C21H17ClNO6-. The van der Waals surface area contributed by atoms with Gasteiger partial charge < -0.3 is 24.4 Å². The Balaban J connectivity index is 1.78. The number of hydrogen-bond donors (Lipinski definition) is 1. The van der Waals surface area contributed by atoms with Gasteiger partial charge in [-0.15, -0.1) is 0 Å². The van der Waals surface area contributed by atoms with Crippen molar-refractivity contribution in [3.8, 4) is 5.75 Å². The van der Waals surface area contributed by atoms with Gasteiger partial charge in [-0.05, 0) is 41.8 Å². The van der Waals surface area contributed by atoms with Crippen LogP contribution in [0, 0.1) is 0 Å². The molecule has 7 nitrogen and oxygen atoms in total. The highest BCUT2D eigenvalue weighted by Gasteiger charge is 2.17. The van der Waals surface area contributed by atoms with E-state index in [9.17, 15) is 19.5 Å². The van der Waals surface area contributed by atoms with Gasteiger partial charge in [-0.1, -0.05) is 23.7 Å². The highest BCUT2D eigenvalue weighted by molar-refractivity contribution is 6.30. The third-order valence-electron chi connectivity index (χ3n) is 4.36. The Morgan fingerprint density at radius 2 is 1.90 bits per heavy atom. The molecule has 29 heavy (non-hydrogen) atoms. The molecule has 1 atom stereocenters. The number of amides is 1. The third-order valence-corrected chi connectivity index (χ3v) is 4.61. The Labute approximate surface area is 170 Å². The van der Waals surface area contributed by atoms with Gasteiger partial charge in [0.2, 0.25) is 5.91 Å². The molecule has 0 saturated heterocycles. The topological polar surface area (TPSA) is 109 Å². The number of fused-ring (bicyclic) bond motifs is 1. The monoisotopic (exact) mass is 414 g/mol. The Bertz CT molecular complexity index is 1110. The highest BCUT2D eigenvalue weighted by atomic mass is 35.5. The minimum atomic E-state index is -1.41. The van der Waals surface area contributed by atoms with Gasteiger partial charge in [0.25, 0.3) is 0 Å². The molecule has 1 aromatic heterocycles. The Kier molecular flexibility index (Phi) is 6.19. The maximum atomic E-state index is 12.5. The zero-order valence-electron chi connectivity index (χ0n) is 15.4. The molecular weight excluding hydrogens is 398 g/mol. The lowest BCUT2D eigenvalue weighted by Gasteiger charge is -2.20.